The second-order valence-electron chi connectivity index (χ2n) is 6.76. The maximum Gasteiger partial charge on any atom is 0.343 e. The molecule has 32 heavy (non-hydrogen) atoms. The molecule has 0 radical (unpaired) electrons. The number of nitrogens with one attached hydrogen (secondary N) is 2. The Balaban J connectivity index is 1.45. The first kappa shape index (κ1) is 22.7. The predicted molar refractivity (Wildman–Crippen MR) is 122 cm³/mol. The van der Waals surface area contributed by atoms with Crippen LogP contribution in [0.4, 0.5) is 0 Å². The lowest BCUT2D eigenvalue weighted by atomic mass is 10.1. The van der Waals surface area contributed by atoms with Crippen LogP contribution in [0.2, 0.25) is 5.02 Å². The molecule has 0 saturated carbocycles. The van der Waals surface area contributed by atoms with Crippen molar-refractivity contribution in [2.24, 2.45) is 5.10 Å². The summed E-state index contributed by atoms with van der Waals surface area (Å²) in [7, 11) is 0. The highest BCUT2D eigenvalue weighted by Gasteiger charge is 2.11. The van der Waals surface area contributed by atoms with E-state index < -0.39 is 17.8 Å². The normalized spacial score (nSPS) is 10.6. The number of ether oxygens (including phenoxy) is 1. The molecule has 3 aromatic carbocycles. The SMILES string of the molecule is Cc1ccccc1C(=O)Oc1ccc(C=NNC(=O)CNC(=O)c2ccc(Cl)cc2)cc1. The van der Waals surface area contributed by atoms with E-state index in [0.29, 0.717) is 27.5 Å². The minimum absolute atomic E-state index is 0.230. The van der Waals surface area contributed by atoms with Gasteiger partial charge in [0.15, 0.2) is 0 Å². The lowest BCUT2D eigenvalue weighted by Gasteiger charge is -2.06. The number of nitrogens with zero attached hydrogens (tertiary/aromatic N) is 1. The Morgan fingerprint density at radius 2 is 1.66 bits per heavy atom. The van der Waals surface area contributed by atoms with E-state index in [-0.39, 0.29) is 6.54 Å². The third kappa shape index (κ3) is 6.52. The fourth-order valence-corrected chi connectivity index (χ4v) is 2.79. The molecular weight excluding hydrogens is 430 g/mol. The van der Waals surface area contributed by atoms with E-state index in [2.05, 4.69) is 15.8 Å². The second kappa shape index (κ2) is 10.9. The smallest absolute Gasteiger partial charge is 0.343 e. The Morgan fingerprint density at radius 1 is 0.969 bits per heavy atom. The molecule has 0 bridgehead atoms. The van der Waals surface area contributed by atoms with Gasteiger partial charge in [-0.05, 0) is 72.6 Å². The molecule has 0 fully saturated rings. The molecule has 0 aromatic heterocycles. The molecule has 2 N–H and O–H groups in total. The standard InChI is InChI=1S/C24H20ClN3O4/c1-16-4-2-3-5-21(16)24(31)32-20-12-6-17(7-13-20)14-27-28-22(29)15-26-23(30)18-8-10-19(25)11-9-18/h2-14H,15H2,1H3,(H,26,30)(H,28,29). The zero-order chi connectivity index (χ0) is 22.9. The van der Waals surface area contributed by atoms with Gasteiger partial charge < -0.3 is 10.1 Å². The summed E-state index contributed by atoms with van der Waals surface area (Å²) in [5.41, 5.74) is 4.75. The molecule has 3 rings (SSSR count). The number of amides is 2. The molecule has 2 amide bonds. The van der Waals surface area contributed by atoms with Crippen molar-refractivity contribution in [3.05, 3.63) is 100 Å². The third-order valence-electron chi connectivity index (χ3n) is 4.37. The van der Waals surface area contributed by atoms with Gasteiger partial charge in [0.25, 0.3) is 11.8 Å². The molecular formula is C24H20ClN3O4. The number of carbonyl (C=O) groups excluding carboxylic acids is 3. The summed E-state index contributed by atoms with van der Waals surface area (Å²) >= 11 is 5.78. The minimum atomic E-state index is -0.479. The Hall–Kier alpha value is -3.97. The van der Waals surface area contributed by atoms with Crippen molar-refractivity contribution in [3.63, 3.8) is 0 Å². The summed E-state index contributed by atoms with van der Waals surface area (Å²) in [5.74, 6) is -0.911. The second-order valence-corrected chi connectivity index (χ2v) is 7.19. The zero-order valence-electron chi connectivity index (χ0n) is 17.2. The van der Waals surface area contributed by atoms with Crippen molar-refractivity contribution in [2.45, 2.75) is 6.92 Å². The third-order valence-corrected chi connectivity index (χ3v) is 4.63. The van der Waals surface area contributed by atoms with Crippen LogP contribution in [0.5, 0.6) is 5.75 Å². The summed E-state index contributed by atoms with van der Waals surface area (Å²) in [6, 6.07) is 20.1. The van der Waals surface area contributed by atoms with Gasteiger partial charge in [-0.15, -0.1) is 0 Å². The first-order valence-electron chi connectivity index (χ1n) is 9.66. The molecule has 0 aliphatic rings. The monoisotopic (exact) mass is 449 g/mol. The van der Waals surface area contributed by atoms with Gasteiger partial charge in [0, 0.05) is 10.6 Å². The van der Waals surface area contributed by atoms with Crippen molar-refractivity contribution in [3.8, 4) is 5.75 Å². The van der Waals surface area contributed by atoms with E-state index >= 15 is 0 Å². The molecule has 0 heterocycles. The Bertz CT molecular complexity index is 1140. The highest BCUT2D eigenvalue weighted by Crippen LogP contribution is 2.15. The van der Waals surface area contributed by atoms with Crippen LogP contribution < -0.4 is 15.5 Å². The van der Waals surface area contributed by atoms with Gasteiger partial charge in [0.1, 0.15) is 5.75 Å². The van der Waals surface area contributed by atoms with Crippen molar-refractivity contribution < 1.29 is 19.1 Å². The maximum absolute atomic E-state index is 12.2. The van der Waals surface area contributed by atoms with Crippen LogP contribution in [0.3, 0.4) is 0 Å². The van der Waals surface area contributed by atoms with Crippen molar-refractivity contribution in [1.82, 2.24) is 10.7 Å². The largest absolute Gasteiger partial charge is 0.423 e. The van der Waals surface area contributed by atoms with E-state index in [9.17, 15) is 14.4 Å². The summed E-state index contributed by atoms with van der Waals surface area (Å²) in [6.07, 6.45) is 1.44. The molecule has 0 spiro atoms. The first-order valence-corrected chi connectivity index (χ1v) is 10.0. The number of halogens is 1. The van der Waals surface area contributed by atoms with E-state index in [1.54, 1.807) is 60.7 Å². The lowest BCUT2D eigenvalue weighted by Crippen LogP contribution is -2.34. The molecule has 3 aromatic rings. The average Bonchev–Trinajstić information content (AvgIpc) is 2.79. The van der Waals surface area contributed by atoms with Crippen LogP contribution >= 0.6 is 11.6 Å². The number of aryl methyl sites for hydroxylation is 1. The van der Waals surface area contributed by atoms with Gasteiger partial charge in [0.05, 0.1) is 18.3 Å². The topological polar surface area (TPSA) is 96.9 Å². The van der Waals surface area contributed by atoms with Crippen LogP contribution in [0, 0.1) is 6.92 Å². The fourth-order valence-electron chi connectivity index (χ4n) is 2.67. The van der Waals surface area contributed by atoms with Crippen LogP contribution in [0.1, 0.15) is 31.8 Å². The quantitative estimate of drug-likeness (QED) is 0.248. The number of rotatable bonds is 7. The van der Waals surface area contributed by atoms with Crippen LogP contribution in [0.15, 0.2) is 77.9 Å². The van der Waals surface area contributed by atoms with Crippen molar-refractivity contribution in [1.29, 1.82) is 0 Å². The lowest BCUT2D eigenvalue weighted by molar-refractivity contribution is -0.120. The number of hydrogen-bond donors (Lipinski definition) is 2. The van der Waals surface area contributed by atoms with Gasteiger partial charge in [-0.25, -0.2) is 10.2 Å². The Morgan fingerprint density at radius 3 is 2.34 bits per heavy atom. The first-order chi connectivity index (χ1) is 15.4. The Labute approximate surface area is 190 Å². The molecule has 0 aliphatic carbocycles. The van der Waals surface area contributed by atoms with Gasteiger partial charge in [-0.2, -0.15) is 5.10 Å². The summed E-state index contributed by atoms with van der Waals surface area (Å²) < 4.78 is 5.38. The highest BCUT2D eigenvalue weighted by molar-refractivity contribution is 6.30. The summed E-state index contributed by atoms with van der Waals surface area (Å²) in [5, 5.41) is 6.87. The van der Waals surface area contributed by atoms with Crippen molar-refractivity contribution >= 4 is 35.6 Å². The van der Waals surface area contributed by atoms with Gasteiger partial charge in [-0.1, -0.05) is 29.8 Å². The van der Waals surface area contributed by atoms with E-state index in [1.807, 2.05) is 19.1 Å². The molecule has 7 nitrogen and oxygen atoms in total. The number of esters is 1. The van der Waals surface area contributed by atoms with Gasteiger partial charge in [0.2, 0.25) is 0 Å². The predicted octanol–water partition coefficient (Wildman–Crippen LogP) is 3.75. The fraction of sp³-hybridized carbons (Fsp3) is 0.0833. The summed E-state index contributed by atoms with van der Waals surface area (Å²) in [4.78, 5) is 36.1. The van der Waals surface area contributed by atoms with Crippen LogP contribution in [0.25, 0.3) is 0 Å². The Kier molecular flexibility index (Phi) is 7.72. The molecule has 0 unspecified atom stereocenters. The van der Waals surface area contributed by atoms with E-state index in [0.717, 1.165) is 5.56 Å². The number of hydrazone groups is 1. The minimum Gasteiger partial charge on any atom is -0.423 e. The molecule has 0 atom stereocenters. The van der Waals surface area contributed by atoms with Crippen LogP contribution in [-0.2, 0) is 4.79 Å². The van der Waals surface area contributed by atoms with Gasteiger partial charge in [-0.3, -0.25) is 9.59 Å². The average molecular weight is 450 g/mol. The van der Waals surface area contributed by atoms with Gasteiger partial charge >= 0.3 is 5.97 Å². The van der Waals surface area contributed by atoms with E-state index in [1.165, 1.54) is 6.21 Å². The van der Waals surface area contributed by atoms with Crippen LogP contribution in [-0.4, -0.2) is 30.5 Å². The molecule has 162 valence electrons. The summed E-state index contributed by atoms with van der Waals surface area (Å²) in [6.45, 7) is 1.61. The van der Waals surface area contributed by atoms with E-state index in [4.69, 9.17) is 16.3 Å². The number of hydrogen-bond acceptors (Lipinski definition) is 5. The molecule has 8 heteroatoms. The molecule has 0 aliphatic heterocycles. The number of carbonyl (C=O) groups is 3. The highest BCUT2D eigenvalue weighted by atomic mass is 35.5. The zero-order valence-corrected chi connectivity index (χ0v) is 17.9. The maximum atomic E-state index is 12.2. The molecule has 0 saturated heterocycles. The number of benzene rings is 3. The van der Waals surface area contributed by atoms with Crippen molar-refractivity contribution in [2.75, 3.05) is 6.54 Å².